The van der Waals surface area contributed by atoms with Crippen molar-refractivity contribution in [2.24, 2.45) is 11.3 Å². The van der Waals surface area contributed by atoms with Crippen LogP contribution in [-0.4, -0.2) is 5.91 Å². The lowest BCUT2D eigenvalue weighted by atomic mass is 9.72. The first-order valence-electron chi connectivity index (χ1n) is 9.07. The van der Waals surface area contributed by atoms with E-state index in [1.807, 2.05) is 24.3 Å². The first-order chi connectivity index (χ1) is 12.8. The molecule has 1 unspecified atom stereocenters. The van der Waals surface area contributed by atoms with Crippen LogP contribution in [0.2, 0.25) is 0 Å². The topological polar surface area (TPSA) is 52.9 Å². The Morgan fingerprint density at radius 2 is 2.04 bits per heavy atom. The number of carbonyl (C=O) groups excluding carboxylic acids is 1. The number of nitrogens with one attached hydrogen (secondary N) is 1. The van der Waals surface area contributed by atoms with Crippen LogP contribution < -0.4 is 5.32 Å². The molecule has 0 fully saturated rings. The molecule has 27 heavy (non-hydrogen) atoms. The van der Waals surface area contributed by atoms with Crippen molar-refractivity contribution >= 4 is 44.3 Å². The third-order valence-corrected chi connectivity index (χ3v) is 6.83. The molecule has 3 rings (SSSR count). The van der Waals surface area contributed by atoms with E-state index in [9.17, 15) is 10.1 Å². The fourth-order valence-corrected chi connectivity index (χ4v) is 4.98. The molecular formula is C22H23BrN2OS. The fourth-order valence-electron chi connectivity index (χ4n) is 3.43. The lowest BCUT2D eigenvalue weighted by Gasteiger charge is -2.33. The minimum absolute atomic E-state index is 0.208. The van der Waals surface area contributed by atoms with Gasteiger partial charge in [-0.3, -0.25) is 4.79 Å². The number of amides is 1. The van der Waals surface area contributed by atoms with E-state index in [-0.39, 0.29) is 11.3 Å². The van der Waals surface area contributed by atoms with E-state index in [2.05, 4.69) is 48.1 Å². The number of nitriles is 1. The number of halogens is 1. The standard InChI is InChI=1S/C22H23BrN2OS/c1-22(2,3)15-7-10-17-18(13-24)21(27-19(17)12-15)25-20(26)11-6-14-4-8-16(23)9-5-14/h4-6,8-9,11,15H,7,10,12H2,1-3H3,(H,25,26). The molecule has 0 saturated carbocycles. The van der Waals surface area contributed by atoms with Gasteiger partial charge in [0.05, 0.1) is 5.56 Å². The van der Waals surface area contributed by atoms with Crippen LogP contribution in [0.15, 0.2) is 34.8 Å². The van der Waals surface area contributed by atoms with Gasteiger partial charge in [-0.05, 0) is 59.9 Å². The molecule has 1 heterocycles. The number of hydrogen-bond donors (Lipinski definition) is 1. The summed E-state index contributed by atoms with van der Waals surface area (Å²) in [6.07, 6.45) is 6.29. The van der Waals surface area contributed by atoms with Gasteiger partial charge in [0, 0.05) is 15.4 Å². The zero-order chi connectivity index (χ0) is 19.6. The van der Waals surface area contributed by atoms with Crippen molar-refractivity contribution in [1.29, 1.82) is 5.26 Å². The van der Waals surface area contributed by atoms with Gasteiger partial charge in [-0.25, -0.2) is 0 Å². The largest absolute Gasteiger partial charge is 0.313 e. The second kappa shape index (κ2) is 8.00. The van der Waals surface area contributed by atoms with Crippen LogP contribution in [-0.2, 0) is 17.6 Å². The van der Waals surface area contributed by atoms with Crippen LogP contribution >= 0.6 is 27.3 Å². The van der Waals surface area contributed by atoms with E-state index in [1.54, 1.807) is 17.4 Å². The number of nitrogens with zero attached hydrogens (tertiary/aromatic N) is 1. The molecule has 1 N–H and O–H groups in total. The summed E-state index contributed by atoms with van der Waals surface area (Å²) < 4.78 is 1.00. The van der Waals surface area contributed by atoms with Gasteiger partial charge >= 0.3 is 0 Å². The molecule has 140 valence electrons. The normalized spacial score (nSPS) is 16.8. The molecule has 1 aliphatic carbocycles. The van der Waals surface area contributed by atoms with Crippen LogP contribution in [0.3, 0.4) is 0 Å². The molecule has 1 aromatic carbocycles. The van der Waals surface area contributed by atoms with Gasteiger partial charge in [0.1, 0.15) is 11.1 Å². The smallest absolute Gasteiger partial charge is 0.249 e. The number of fused-ring (bicyclic) bond motifs is 1. The molecular weight excluding hydrogens is 420 g/mol. The molecule has 1 atom stereocenters. The Labute approximate surface area is 173 Å². The molecule has 0 saturated heterocycles. The summed E-state index contributed by atoms with van der Waals surface area (Å²) in [7, 11) is 0. The lowest BCUT2D eigenvalue weighted by Crippen LogP contribution is -2.26. The Bertz CT molecular complexity index is 914. The zero-order valence-corrected chi connectivity index (χ0v) is 18.2. The van der Waals surface area contributed by atoms with Crippen molar-refractivity contribution < 1.29 is 4.79 Å². The van der Waals surface area contributed by atoms with E-state index in [4.69, 9.17) is 0 Å². The first-order valence-corrected chi connectivity index (χ1v) is 10.7. The van der Waals surface area contributed by atoms with Crippen LogP contribution in [0, 0.1) is 22.7 Å². The van der Waals surface area contributed by atoms with Crippen molar-refractivity contribution in [3.05, 3.63) is 56.4 Å². The highest BCUT2D eigenvalue weighted by Gasteiger charge is 2.32. The number of hydrogen-bond acceptors (Lipinski definition) is 3. The number of anilines is 1. The molecule has 0 radical (unpaired) electrons. The van der Waals surface area contributed by atoms with E-state index in [0.29, 0.717) is 16.5 Å². The van der Waals surface area contributed by atoms with Gasteiger partial charge in [-0.2, -0.15) is 5.26 Å². The quantitative estimate of drug-likeness (QED) is 0.576. The van der Waals surface area contributed by atoms with Gasteiger partial charge in [0.2, 0.25) is 5.91 Å². The minimum Gasteiger partial charge on any atom is -0.313 e. The highest BCUT2D eigenvalue weighted by molar-refractivity contribution is 9.10. The summed E-state index contributed by atoms with van der Waals surface area (Å²) in [5.74, 6) is 0.399. The fraction of sp³-hybridized carbons (Fsp3) is 0.364. The highest BCUT2D eigenvalue weighted by atomic mass is 79.9. The average Bonchev–Trinajstić information content (AvgIpc) is 2.96. The molecule has 1 aliphatic rings. The SMILES string of the molecule is CC(C)(C)C1CCc2c(sc(NC(=O)C=Cc3ccc(Br)cc3)c2C#N)C1. The maximum Gasteiger partial charge on any atom is 0.249 e. The van der Waals surface area contributed by atoms with E-state index >= 15 is 0 Å². The Balaban J connectivity index is 1.76. The van der Waals surface area contributed by atoms with Crippen molar-refractivity contribution in [3.63, 3.8) is 0 Å². The van der Waals surface area contributed by atoms with Gasteiger partial charge in [-0.15, -0.1) is 11.3 Å². The second-order valence-electron chi connectivity index (χ2n) is 8.00. The average molecular weight is 443 g/mol. The van der Waals surface area contributed by atoms with Crippen molar-refractivity contribution in [2.75, 3.05) is 5.32 Å². The highest BCUT2D eigenvalue weighted by Crippen LogP contribution is 2.43. The van der Waals surface area contributed by atoms with Crippen LogP contribution in [0.4, 0.5) is 5.00 Å². The molecule has 3 nitrogen and oxygen atoms in total. The number of rotatable bonds is 3. The third kappa shape index (κ3) is 4.69. The second-order valence-corrected chi connectivity index (χ2v) is 10.0. The number of carbonyl (C=O) groups is 1. The Hall–Kier alpha value is -1.90. The molecule has 2 aromatic rings. The monoisotopic (exact) mass is 442 g/mol. The zero-order valence-electron chi connectivity index (χ0n) is 15.8. The molecule has 1 aromatic heterocycles. The molecule has 5 heteroatoms. The third-order valence-electron chi connectivity index (χ3n) is 5.14. The number of benzene rings is 1. The Kier molecular flexibility index (Phi) is 5.88. The van der Waals surface area contributed by atoms with Gasteiger partial charge < -0.3 is 5.32 Å². The maximum absolute atomic E-state index is 12.3. The van der Waals surface area contributed by atoms with Crippen molar-refractivity contribution in [1.82, 2.24) is 0 Å². The molecule has 0 aliphatic heterocycles. The summed E-state index contributed by atoms with van der Waals surface area (Å²) >= 11 is 4.96. The molecule has 0 spiro atoms. The predicted octanol–water partition coefficient (Wildman–Crippen LogP) is 6.19. The van der Waals surface area contributed by atoms with Crippen molar-refractivity contribution in [3.8, 4) is 6.07 Å². The van der Waals surface area contributed by atoms with Gasteiger partial charge in [-0.1, -0.05) is 48.8 Å². The minimum atomic E-state index is -0.208. The number of thiophene rings is 1. The maximum atomic E-state index is 12.3. The lowest BCUT2D eigenvalue weighted by molar-refractivity contribution is -0.111. The summed E-state index contributed by atoms with van der Waals surface area (Å²) in [5, 5.41) is 13.2. The summed E-state index contributed by atoms with van der Waals surface area (Å²) in [6, 6.07) is 10.0. The molecule has 0 bridgehead atoms. The first kappa shape index (κ1) is 19.9. The summed E-state index contributed by atoms with van der Waals surface area (Å²) in [5.41, 5.74) is 2.99. The van der Waals surface area contributed by atoms with Gasteiger partial charge in [0.15, 0.2) is 0 Å². The van der Waals surface area contributed by atoms with Crippen LogP contribution in [0.5, 0.6) is 0 Å². The van der Waals surface area contributed by atoms with Gasteiger partial charge in [0.25, 0.3) is 0 Å². The van der Waals surface area contributed by atoms with Crippen molar-refractivity contribution in [2.45, 2.75) is 40.0 Å². The molecule has 1 amide bonds. The Morgan fingerprint density at radius 3 is 2.67 bits per heavy atom. The summed E-state index contributed by atoms with van der Waals surface area (Å²) in [6.45, 7) is 6.82. The Morgan fingerprint density at radius 1 is 1.33 bits per heavy atom. The van der Waals surface area contributed by atoms with E-state index in [1.165, 1.54) is 11.0 Å². The summed E-state index contributed by atoms with van der Waals surface area (Å²) in [4.78, 5) is 13.6. The van der Waals surface area contributed by atoms with E-state index in [0.717, 1.165) is 34.9 Å². The van der Waals surface area contributed by atoms with Crippen LogP contribution in [0.1, 0.15) is 48.8 Å². The predicted molar refractivity (Wildman–Crippen MR) is 116 cm³/mol. The van der Waals surface area contributed by atoms with E-state index < -0.39 is 0 Å². The van der Waals surface area contributed by atoms with Crippen LogP contribution in [0.25, 0.3) is 6.08 Å².